The number of pyridine rings is 1. The van der Waals surface area contributed by atoms with E-state index in [0.29, 0.717) is 5.69 Å². The number of carbonyl (C=O) groups is 2. The average Bonchev–Trinajstić information content (AvgIpc) is 3.11. The number of anilines is 1. The van der Waals surface area contributed by atoms with Crippen molar-refractivity contribution in [2.24, 2.45) is 0 Å². The highest BCUT2D eigenvalue weighted by molar-refractivity contribution is 6.28. The number of carbonyl (C=O) groups excluding carboxylic acids is 2. The summed E-state index contributed by atoms with van der Waals surface area (Å²) >= 11 is 0. The molecule has 1 saturated heterocycles. The van der Waals surface area contributed by atoms with Crippen LogP contribution in [-0.4, -0.2) is 21.5 Å². The van der Waals surface area contributed by atoms with Crippen LogP contribution < -0.4 is 10.2 Å². The van der Waals surface area contributed by atoms with Crippen molar-refractivity contribution in [2.75, 3.05) is 4.90 Å². The Bertz CT molecular complexity index is 1050. The molecule has 3 aromatic rings. The van der Waals surface area contributed by atoms with E-state index in [1.165, 1.54) is 0 Å². The molecule has 3 amide bonds. The first-order valence-electron chi connectivity index (χ1n) is 8.58. The predicted molar refractivity (Wildman–Crippen MR) is 103 cm³/mol. The first kappa shape index (κ1) is 16.8. The van der Waals surface area contributed by atoms with Gasteiger partial charge in [-0.05, 0) is 55.8 Å². The highest BCUT2D eigenvalue weighted by Crippen LogP contribution is 2.25. The Morgan fingerprint density at radius 2 is 1.67 bits per heavy atom. The number of nitrogens with zero attached hydrogens (tertiary/aromatic N) is 3. The van der Waals surface area contributed by atoms with Crippen LogP contribution in [0.15, 0.2) is 66.6 Å². The highest BCUT2D eigenvalue weighted by atomic mass is 16.2. The third kappa shape index (κ3) is 2.91. The number of hydrogen-bond donors (Lipinski definition) is 1. The maximum atomic E-state index is 12.8. The third-order valence-corrected chi connectivity index (χ3v) is 4.58. The van der Waals surface area contributed by atoms with Crippen LogP contribution in [0.3, 0.4) is 0 Å². The van der Waals surface area contributed by atoms with Gasteiger partial charge in [-0.3, -0.25) is 9.78 Å². The lowest BCUT2D eigenvalue weighted by Crippen LogP contribution is -2.30. The second-order valence-electron chi connectivity index (χ2n) is 6.33. The van der Waals surface area contributed by atoms with E-state index in [1.54, 1.807) is 42.7 Å². The van der Waals surface area contributed by atoms with E-state index in [9.17, 15) is 9.59 Å². The lowest BCUT2D eigenvalue weighted by molar-refractivity contribution is -0.113. The van der Waals surface area contributed by atoms with Gasteiger partial charge in [0.15, 0.2) is 0 Å². The minimum absolute atomic E-state index is 0.263. The smallest absolute Gasteiger partial charge is 0.318 e. The SMILES string of the molecule is Cc1cc(C=C2NC(=O)N(c3ccccc3)C2=O)c(C)n1-c1ccncc1. The molecule has 6 heteroatoms. The normalized spacial score (nSPS) is 15.5. The van der Waals surface area contributed by atoms with Gasteiger partial charge in [0.05, 0.1) is 5.69 Å². The molecule has 0 saturated carbocycles. The van der Waals surface area contributed by atoms with Crippen molar-refractivity contribution in [3.8, 4) is 5.69 Å². The largest absolute Gasteiger partial charge is 0.333 e. The van der Waals surface area contributed by atoms with Crippen LogP contribution in [0.5, 0.6) is 0 Å². The third-order valence-electron chi connectivity index (χ3n) is 4.58. The van der Waals surface area contributed by atoms with E-state index < -0.39 is 6.03 Å². The number of amides is 3. The van der Waals surface area contributed by atoms with Crippen LogP contribution >= 0.6 is 0 Å². The van der Waals surface area contributed by atoms with Crippen LogP contribution in [0.25, 0.3) is 11.8 Å². The quantitative estimate of drug-likeness (QED) is 0.575. The number of aromatic nitrogens is 2. The van der Waals surface area contributed by atoms with Crippen molar-refractivity contribution in [1.82, 2.24) is 14.9 Å². The summed E-state index contributed by atoms with van der Waals surface area (Å²) in [5.74, 6) is -0.361. The summed E-state index contributed by atoms with van der Waals surface area (Å²) in [6.45, 7) is 3.98. The van der Waals surface area contributed by atoms with E-state index in [1.807, 2.05) is 38.1 Å². The van der Waals surface area contributed by atoms with Gasteiger partial charge in [-0.25, -0.2) is 9.69 Å². The van der Waals surface area contributed by atoms with Crippen molar-refractivity contribution in [3.63, 3.8) is 0 Å². The second kappa shape index (κ2) is 6.57. The number of nitrogens with one attached hydrogen (secondary N) is 1. The minimum atomic E-state index is -0.444. The molecule has 2 aromatic heterocycles. The highest BCUT2D eigenvalue weighted by Gasteiger charge is 2.34. The van der Waals surface area contributed by atoms with Gasteiger partial charge in [-0.2, -0.15) is 0 Å². The molecule has 27 heavy (non-hydrogen) atoms. The van der Waals surface area contributed by atoms with Gasteiger partial charge < -0.3 is 9.88 Å². The number of benzene rings is 1. The zero-order valence-electron chi connectivity index (χ0n) is 15.0. The molecule has 1 aromatic carbocycles. The molecule has 0 aliphatic carbocycles. The van der Waals surface area contributed by atoms with Gasteiger partial charge in [0.2, 0.25) is 0 Å². The number of hydrogen-bond acceptors (Lipinski definition) is 3. The van der Waals surface area contributed by atoms with E-state index in [0.717, 1.165) is 27.5 Å². The number of para-hydroxylation sites is 1. The average molecular weight is 358 g/mol. The van der Waals surface area contributed by atoms with Gasteiger partial charge in [0.1, 0.15) is 5.70 Å². The first-order chi connectivity index (χ1) is 13.1. The maximum absolute atomic E-state index is 12.8. The molecule has 1 fully saturated rings. The summed E-state index contributed by atoms with van der Waals surface area (Å²) in [4.78, 5) is 30.3. The minimum Gasteiger partial charge on any atom is -0.318 e. The predicted octanol–water partition coefficient (Wildman–Crippen LogP) is 3.59. The Hall–Kier alpha value is -3.67. The van der Waals surface area contributed by atoms with Gasteiger partial charge in [-0.15, -0.1) is 0 Å². The summed E-state index contributed by atoms with van der Waals surface area (Å²) < 4.78 is 2.09. The van der Waals surface area contributed by atoms with Gasteiger partial charge >= 0.3 is 6.03 Å². The number of rotatable bonds is 3. The number of urea groups is 1. The van der Waals surface area contributed by atoms with Crippen molar-refractivity contribution in [2.45, 2.75) is 13.8 Å². The Morgan fingerprint density at radius 3 is 2.37 bits per heavy atom. The molecule has 0 spiro atoms. The molecule has 1 aliphatic heterocycles. The zero-order valence-corrected chi connectivity index (χ0v) is 15.0. The Balaban J connectivity index is 1.71. The standard InChI is InChI=1S/C21H18N4O2/c1-14-12-16(15(2)24(14)18-8-10-22-11-9-18)13-19-20(26)25(21(27)23-19)17-6-4-3-5-7-17/h3-13H,1-2H3,(H,23,27). The molecular formula is C21H18N4O2. The summed E-state index contributed by atoms with van der Waals surface area (Å²) in [6.07, 6.45) is 5.21. The fraction of sp³-hybridized carbons (Fsp3) is 0.0952. The van der Waals surface area contributed by atoms with Crippen molar-refractivity contribution in [1.29, 1.82) is 0 Å². The monoisotopic (exact) mass is 358 g/mol. The Morgan fingerprint density at radius 1 is 0.963 bits per heavy atom. The van der Waals surface area contributed by atoms with E-state index >= 15 is 0 Å². The number of imide groups is 1. The lowest BCUT2D eigenvalue weighted by Gasteiger charge is -2.10. The summed E-state index contributed by atoms with van der Waals surface area (Å²) in [5.41, 5.74) is 4.69. The van der Waals surface area contributed by atoms with Crippen molar-refractivity contribution < 1.29 is 9.59 Å². The molecule has 0 unspecified atom stereocenters. The Labute approximate surface area is 156 Å². The fourth-order valence-corrected chi connectivity index (χ4v) is 3.33. The topological polar surface area (TPSA) is 67.2 Å². The van der Waals surface area contributed by atoms with Crippen LogP contribution in [0.2, 0.25) is 0 Å². The van der Waals surface area contributed by atoms with Crippen molar-refractivity contribution in [3.05, 3.63) is 83.6 Å². The molecule has 134 valence electrons. The summed E-state index contributed by atoms with van der Waals surface area (Å²) in [6, 6.07) is 14.3. The molecule has 0 bridgehead atoms. The van der Waals surface area contributed by atoms with E-state index in [4.69, 9.17) is 0 Å². The molecule has 6 nitrogen and oxygen atoms in total. The summed E-state index contributed by atoms with van der Waals surface area (Å²) in [5, 5.41) is 2.68. The fourth-order valence-electron chi connectivity index (χ4n) is 3.33. The molecule has 0 atom stereocenters. The summed E-state index contributed by atoms with van der Waals surface area (Å²) in [7, 11) is 0. The van der Waals surface area contributed by atoms with Gasteiger partial charge in [0.25, 0.3) is 5.91 Å². The van der Waals surface area contributed by atoms with Crippen LogP contribution in [-0.2, 0) is 4.79 Å². The first-order valence-corrected chi connectivity index (χ1v) is 8.58. The van der Waals surface area contributed by atoms with Crippen LogP contribution in [0.1, 0.15) is 17.0 Å². The molecule has 4 rings (SSSR count). The lowest BCUT2D eigenvalue weighted by atomic mass is 10.2. The van der Waals surface area contributed by atoms with E-state index in [2.05, 4.69) is 14.9 Å². The molecular weight excluding hydrogens is 340 g/mol. The number of aryl methyl sites for hydroxylation is 1. The molecule has 1 N–H and O–H groups in total. The molecule has 3 heterocycles. The molecule has 0 radical (unpaired) electrons. The van der Waals surface area contributed by atoms with E-state index in [-0.39, 0.29) is 11.6 Å². The molecule has 1 aliphatic rings. The van der Waals surface area contributed by atoms with Crippen molar-refractivity contribution >= 4 is 23.7 Å². The van der Waals surface area contributed by atoms with Crippen LogP contribution in [0, 0.1) is 13.8 Å². The maximum Gasteiger partial charge on any atom is 0.333 e. The van der Waals surface area contributed by atoms with Gasteiger partial charge in [0, 0.05) is 29.5 Å². The Kier molecular flexibility index (Phi) is 4.08. The van der Waals surface area contributed by atoms with Gasteiger partial charge in [-0.1, -0.05) is 18.2 Å². The van der Waals surface area contributed by atoms with Crippen LogP contribution in [0.4, 0.5) is 10.5 Å². The zero-order chi connectivity index (χ0) is 19.0. The second-order valence-corrected chi connectivity index (χ2v) is 6.33.